The van der Waals surface area contributed by atoms with Crippen LogP contribution in [0.2, 0.25) is 0 Å². The molecule has 1 saturated carbocycles. The van der Waals surface area contributed by atoms with E-state index in [9.17, 15) is 4.79 Å². The van der Waals surface area contributed by atoms with E-state index in [1.807, 2.05) is 0 Å². The zero-order valence-electron chi connectivity index (χ0n) is 18.6. The topological polar surface area (TPSA) is 32.7 Å². The molecule has 0 N–H and O–H groups in total. The van der Waals surface area contributed by atoms with Gasteiger partial charge in [0.05, 0.1) is 0 Å². The molecule has 0 aromatic heterocycles. The molecule has 0 aromatic rings. The van der Waals surface area contributed by atoms with Crippen LogP contribution in [-0.4, -0.2) is 28.7 Å². The molecule has 0 radical (unpaired) electrons. The van der Waals surface area contributed by atoms with Crippen molar-refractivity contribution >= 4 is 11.6 Å². The Bertz CT molecular complexity index is 525. The van der Waals surface area contributed by atoms with E-state index in [1.165, 1.54) is 12.8 Å². The second kappa shape index (κ2) is 7.64. The van der Waals surface area contributed by atoms with Crippen LogP contribution in [-0.2, 0) is 4.79 Å². The van der Waals surface area contributed by atoms with Crippen molar-refractivity contribution < 1.29 is 4.79 Å². The van der Waals surface area contributed by atoms with Gasteiger partial charge in [-0.25, -0.2) is 0 Å². The van der Waals surface area contributed by atoms with Crippen molar-refractivity contribution in [1.82, 2.24) is 4.90 Å². The normalized spacial score (nSPS) is 27.6. The average Bonchev–Trinajstić information content (AvgIpc) is 2.70. The summed E-state index contributed by atoms with van der Waals surface area (Å²) in [5.74, 6) is 1.45. The van der Waals surface area contributed by atoms with Crippen molar-refractivity contribution in [2.45, 2.75) is 106 Å². The fourth-order valence-corrected chi connectivity index (χ4v) is 4.63. The maximum Gasteiger partial charge on any atom is 0.269 e. The minimum atomic E-state index is -0.235. The van der Waals surface area contributed by atoms with Crippen molar-refractivity contribution in [2.24, 2.45) is 27.7 Å². The quantitative estimate of drug-likeness (QED) is 0.584. The van der Waals surface area contributed by atoms with Gasteiger partial charge in [0.15, 0.2) is 0 Å². The van der Waals surface area contributed by atoms with Crippen LogP contribution in [0.15, 0.2) is 4.99 Å². The summed E-state index contributed by atoms with van der Waals surface area (Å²) in [5.41, 5.74) is 1.28. The molecule has 1 aliphatic heterocycles. The summed E-state index contributed by atoms with van der Waals surface area (Å²) in [6.45, 7) is 19.1. The molecule has 2 aliphatic rings. The summed E-state index contributed by atoms with van der Waals surface area (Å²) in [7, 11) is 0. The summed E-state index contributed by atoms with van der Waals surface area (Å²) >= 11 is 0. The minimum absolute atomic E-state index is 0.224. The maximum absolute atomic E-state index is 13.1. The van der Waals surface area contributed by atoms with Crippen molar-refractivity contribution in [3.63, 3.8) is 0 Å². The predicted octanol–water partition coefficient (Wildman–Crippen LogP) is 6.07. The first-order chi connectivity index (χ1) is 11.8. The van der Waals surface area contributed by atoms with Crippen LogP contribution in [0, 0.1) is 22.7 Å². The van der Waals surface area contributed by atoms with Gasteiger partial charge in [-0.3, -0.25) is 9.79 Å². The predicted molar refractivity (Wildman–Crippen MR) is 111 cm³/mol. The molecule has 1 spiro atoms. The smallest absolute Gasteiger partial charge is 0.269 e. The highest BCUT2D eigenvalue weighted by Gasteiger charge is 2.49. The van der Waals surface area contributed by atoms with Crippen molar-refractivity contribution in [2.75, 3.05) is 6.54 Å². The van der Waals surface area contributed by atoms with E-state index in [2.05, 4.69) is 60.3 Å². The molecule has 1 heterocycles. The molecule has 3 nitrogen and oxygen atoms in total. The number of amides is 1. The second-order valence-electron chi connectivity index (χ2n) is 11.4. The molecule has 26 heavy (non-hydrogen) atoms. The highest BCUT2D eigenvalue weighted by atomic mass is 16.2. The number of rotatable bonds is 5. The van der Waals surface area contributed by atoms with Crippen LogP contribution in [0.25, 0.3) is 0 Å². The number of nitrogens with zero attached hydrogens (tertiary/aromatic N) is 2. The molecule has 1 fully saturated rings. The van der Waals surface area contributed by atoms with Gasteiger partial charge in [0.2, 0.25) is 0 Å². The van der Waals surface area contributed by atoms with E-state index in [0.717, 1.165) is 50.3 Å². The Morgan fingerprint density at radius 1 is 1.12 bits per heavy atom. The zero-order chi connectivity index (χ0) is 19.8. The average molecular weight is 363 g/mol. The van der Waals surface area contributed by atoms with Crippen LogP contribution >= 0.6 is 0 Å². The SMILES string of the molecule is CC(C)CC1=NC2(CCC(C(C)(C)C)CC2)N(CCCC(C)(C)C)C1=O. The molecule has 0 atom stereocenters. The summed E-state index contributed by atoms with van der Waals surface area (Å²) in [6, 6.07) is 0. The van der Waals surface area contributed by atoms with Crippen LogP contribution in [0.5, 0.6) is 0 Å². The Labute approximate surface area is 162 Å². The van der Waals surface area contributed by atoms with Gasteiger partial charge in [0.1, 0.15) is 11.4 Å². The molecular formula is C23H42N2O. The molecule has 0 bridgehead atoms. The van der Waals surface area contributed by atoms with Crippen LogP contribution in [0.4, 0.5) is 0 Å². The highest BCUT2D eigenvalue weighted by molar-refractivity contribution is 6.40. The lowest BCUT2D eigenvalue weighted by Crippen LogP contribution is -2.50. The number of hydrogen-bond acceptors (Lipinski definition) is 2. The van der Waals surface area contributed by atoms with Gasteiger partial charge in [-0.1, -0.05) is 55.4 Å². The van der Waals surface area contributed by atoms with E-state index in [1.54, 1.807) is 0 Å². The number of carbonyl (C=O) groups is 1. The Hall–Kier alpha value is -0.860. The van der Waals surface area contributed by atoms with E-state index in [4.69, 9.17) is 4.99 Å². The van der Waals surface area contributed by atoms with Crippen molar-refractivity contribution in [3.05, 3.63) is 0 Å². The van der Waals surface area contributed by atoms with Crippen molar-refractivity contribution in [1.29, 1.82) is 0 Å². The fourth-order valence-electron chi connectivity index (χ4n) is 4.63. The third-order valence-electron chi connectivity index (χ3n) is 6.26. The van der Waals surface area contributed by atoms with Crippen molar-refractivity contribution in [3.8, 4) is 0 Å². The van der Waals surface area contributed by atoms with Gasteiger partial charge in [-0.2, -0.15) is 0 Å². The largest absolute Gasteiger partial charge is 0.313 e. The van der Waals surface area contributed by atoms with Gasteiger partial charge >= 0.3 is 0 Å². The lowest BCUT2D eigenvalue weighted by Gasteiger charge is -2.45. The number of carbonyl (C=O) groups excluding carboxylic acids is 1. The molecule has 1 amide bonds. The first-order valence-corrected chi connectivity index (χ1v) is 10.7. The second-order valence-corrected chi connectivity index (χ2v) is 11.4. The van der Waals surface area contributed by atoms with Gasteiger partial charge in [0, 0.05) is 6.54 Å². The molecule has 0 unspecified atom stereocenters. The summed E-state index contributed by atoms with van der Waals surface area (Å²) in [4.78, 5) is 20.4. The lowest BCUT2D eigenvalue weighted by atomic mass is 9.69. The molecule has 0 saturated heterocycles. The first-order valence-electron chi connectivity index (χ1n) is 10.7. The molecule has 1 aliphatic carbocycles. The monoisotopic (exact) mass is 362 g/mol. The van der Waals surface area contributed by atoms with Gasteiger partial charge in [-0.05, 0) is 67.6 Å². The van der Waals surface area contributed by atoms with E-state index >= 15 is 0 Å². The van der Waals surface area contributed by atoms with E-state index in [-0.39, 0.29) is 11.6 Å². The minimum Gasteiger partial charge on any atom is -0.313 e. The Kier molecular flexibility index (Phi) is 6.30. The zero-order valence-corrected chi connectivity index (χ0v) is 18.6. The van der Waals surface area contributed by atoms with E-state index < -0.39 is 0 Å². The molecular weight excluding hydrogens is 320 g/mol. The van der Waals surface area contributed by atoms with Crippen LogP contribution < -0.4 is 0 Å². The van der Waals surface area contributed by atoms with Gasteiger partial charge in [-0.15, -0.1) is 0 Å². The third kappa shape index (κ3) is 5.10. The molecule has 2 rings (SSSR count). The summed E-state index contributed by atoms with van der Waals surface area (Å²) < 4.78 is 0. The van der Waals surface area contributed by atoms with Gasteiger partial charge < -0.3 is 4.90 Å². The molecule has 3 heteroatoms. The lowest BCUT2D eigenvalue weighted by molar-refractivity contribution is -0.130. The summed E-state index contributed by atoms with van der Waals surface area (Å²) in [5, 5.41) is 0. The standard InChI is InChI=1S/C23H42N2O/c1-17(2)16-19-20(26)25(15-9-12-21(3,4)5)23(24-19)13-10-18(11-14-23)22(6,7)8/h17-18H,9-16H2,1-8H3. The number of hydrogen-bond donors (Lipinski definition) is 0. The van der Waals surface area contributed by atoms with E-state index in [0.29, 0.717) is 16.7 Å². The summed E-state index contributed by atoms with van der Waals surface area (Å²) in [6.07, 6.45) is 7.49. The maximum atomic E-state index is 13.1. The Morgan fingerprint density at radius 2 is 1.69 bits per heavy atom. The first kappa shape index (κ1) is 21.4. The van der Waals surface area contributed by atoms with Crippen LogP contribution in [0.1, 0.15) is 100 Å². The third-order valence-corrected chi connectivity index (χ3v) is 6.26. The van der Waals surface area contributed by atoms with Crippen LogP contribution in [0.3, 0.4) is 0 Å². The Balaban J connectivity index is 2.15. The fraction of sp³-hybridized carbons (Fsp3) is 0.913. The Morgan fingerprint density at radius 3 is 2.15 bits per heavy atom. The molecule has 0 aromatic carbocycles. The van der Waals surface area contributed by atoms with Gasteiger partial charge in [0.25, 0.3) is 5.91 Å². The number of aliphatic imine (C=N–C) groups is 1. The molecule has 150 valence electrons. The highest BCUT2D eigenvalue weighted by Crippen LogP contribution is 2.46.